The summed E-state index contributed by atoms with van der Waals surface area (Å²) in [7, 11) is 1.58. The Hall–Kier alpha value is -3.53. The van der Waals surface area contributed by atoms with Crippen molar-refractivity contribution in [3.63, 3.8) is 0 Å². The van der Waals surface area contributed by atoms with Gasteiger partial charge in [-0.05, 0) is 48.2 Å². The highest BCUT2D eigenvalue weighted by Gasteiger charge is 2.31. The van der Waals surface area contributed by atoms with Crippen LogP contribution >= 0.6 is 11.8 Å². The largest absolute Gasteiger partial charge is 0.497 e. The average Bonchev–Trinajstić information content (AvgIpc) is 3.16. The van der Waals surface area contributed by atoms with Crippen LogP contribution in [0.3, 0.4) is 0 Å². The summed E-state index contributed by atoms with van der Waals surface area (Å²) in [5.74, 6) is -0.632. The smallest absolute Gasteiger partial charge is 0.305 e. The molecule has 3 rings (SSSR count). The van der Waals surface area contributed by atoms with E-state index in [1.54, 1.807) is 19.2 Å². The minimum absolute atomic E-state index is 0.0346. The number of esters is 1. The molecule has 1 aliphatic rings. The van der Waals surface area contributed by atoms with E-state index in [0.717, 1.165) is 22.9 Å². The van der Waals surface area contributed by atoms with Crippen LogP contribution in [0.15, 0.2) is 48.5 Å². The Labute approximate surface area is 207 Å². The van der Waals surface area contributed by atoms with Crippen molar-refractivity contribution in [2.75, 3.05) is 20.3 Å². The number of benzene rings is 2. The van der Waals surface area contributed by atoms with Gasteiger partial charge in [-0.3, -0.25) is 24.5 Å². The third kappa shape index (κ3) is 8.32. The van der Waals surface area contributed by atoms with Crippen LogP contribution in [0.25, 0.3) is 0 Å². The lowest BCUT2D eigenvalue weighted by Gasteiger charge is -2.19. The maximum Gasteiger partial charge on any atom is 0.305 e. The van der Waals surface area contributed by atoms with E-state index in [0.29, 0.717) is 17.9 Å². The zero-order valence-electron chi connectivity index (χ0n) is 19.2. The molecule has 1 saturated heterocycles. The van der Waals surface area contributed by atoms with Gasteiger partial charge in [-0.1, -0.05) is 36.0 Å². The van der Waals surface area contributed by atoms with Gasteiger partial charge in [-0.15, -0.1) is 0 Å². The molecule has 0 aliphatic carbocycles. The number of rotatable bonds is 13. The molecule has 1 aliphatic heterocycles. The molecular weight excluding hydrogens is 474 g/mol. The van der Waals surface area contributed by atoms with Crippen molar-refractivity contribution in [1.29, 1.82) is 0 Å². The molecule has 2 aromatic carbocycles. The molecule has 2 atom stereocenters. The van der Waals surface area contributed by atoms with E-state index in [9.17, 15) is 19.2 Å². The van der Waals surface area contributed by atoms with E-state index in [-0.39, 0.29) is 49.5 Å². The fourth-order valence-electron chi connectivity index (χ4n) is 3.43. The Morgan fingerprint density at radius 2 is 1.69 bits per heavy atom. The molecule has 10 heteroatoms. The summed E-state index contributed by atoms with van der Waals surface area (Å²) in [4.78, 5) is 45.8. The number of ether oxygens (including phenoxy) is 3. The van der Waals surface area contributed by atoms with Gasteiger partial charge in [0, 0.05) is 12.8 Å². The Morgan fingerprint density at radius 1 is 1.00 bits per heavy atom. The molecule has 0 bridgehead atoms. The van der Waals surface area contributed by atoms with Crippen LogP contribution in [0.4, 0.5) is 4.79 Å². The normalized spacial score (nSPS) is 15.9. The number of carbonyl (C=O) groups is 4. The van der Waals surface area contributed by atoms with Gasteiger partial charge >= 0.3 is 11.9 Å². The monoisotopic (exact) mass is 501 g/mol. The number of nitrogens with one attached hydrogen (secondary N) is 1. The lowest BCUT2D eigenvalue weighted by molar-refractivity contribution is -0.144. The van der Waals surface area contributed by atoms with Crippen molar-refractivity contribution >= 4 is 34.8 Å². The van der Waals surface area contributed by atoms with Gasteiger partial charge in [0.2, 0.25) is 5.91 Å². The average molecular weight is 502 g/mol. The van der Waals surface area contributed by atoms with Crippen molar-refractivity contribution in [3.8, 4) is 11.5 Å². The molecule has 0 aromatic heterocycles. The molecule has 1 heterocycles. The second kappa shape index (κ2) is 12.8. The van der Waals surface area contributed by atoms with Gasteiger partial charge < -0.3 is 19.3 Å². The number of amides is 2. The van der Waals surface area contributed by atoms with Crippen molar-refractivity contribution in [2.45, 2.75) is 36.9 Å². The van der Waals surface area contributed by atoms with Crippen molar-refractivity contribution < 1.29 is 38.5 Å². The lowest BCUT2D eigenvalue weighted by Crippen LogP contribution is -2.25. The lowest BCUT2D eigenvalue weighted by atomic mass is 10.0. The maximum atomic E-state index is 12.0. The molecule has 2 N–H and O–H groups in total. The highest BCUT2D eigenvalue weighted by Crippen LogP contribution is 2.25. The summed E-state index contributed by atoms with van der Waals surface area (Å²) < 4.78 is 16.5. The number of carboxylic acid groups (broad SMARTS) is 1. The first-order chi connectivity index (χ1) is 16.8. The Morgan fingerprint density at radius 3 is 2.29 bits per heavy atom. The van der Waals surface area contributed by atoms with Crippen molar-refractivity contribution in [2.24, 2.45) is 0 Å². The molecule has 0 spiro atoms. The van der Waals surface area contributed by atoms with Gasteiger partial charge in [0.25, 0.3) is 5.24 Å². The third-order valence-electron chi connectivity index (χ3n) is 5.37. The van der Waals surface area contributed by atoms with Crippen LogP contribution in [0.5, 0.6) is 11.5 Å². The molecule has 2 amide bonds. The first-order valence-electron chi connectivity index (χ1n) is 11.1. The summed E-state index contributed by atoms with van der Waals surface area (Å²) in [6, 6.07) is 14.6. The van der Waals surface area contributed by atoms with Crippen LogP contribution in [0.2, 0.25) is 0 Å². The summed E-state index contributed by atoms with van der Waals surface area (Å²) in [6.07, 6.45) is 0.609. The third-order valence-corrected chi connectivity index (χ3v) is 6.35. The summed E-state index contributed by atoms with van der Waals surface area (Å²) in [5, 5.41) is 10.2. The minimum Gasteiger partial charge on any atom is -0.497 e. The van der Waals surface area contributed by atoms with Crippen LogP contribution in [-0.2, 0) is 25.5 Å². The molecule has 35 heavy (non-hydrogen) atoms. The fourth-order valence-corrected chi connectivity index (χ4v) is 4.29. The number of carbonyl (C=O) groups excluding carboxylic acids is 3. The summed E-state index contributed by atoms with van der Waals surface area (Å²) >= 11 is 0.991. The van der Waals surface area contributed by atoms with Gasteiger partial charge in [0.15, 0.2) is 0 Å². The van der Waals surface area contributed by atoms with E-state index in [4.69, 9.17) is 19.3 Å². The second-order valence-electron chi connectivity index (χ2n) is 7.94. The topological polar surface area (TPSA) is 128 Å². The predicted molar refractivity (Wildman–Crippen MR) is 129 cm³/mol. The summed E-state index contributed by atoms with van der Waals surface area (Å²) in [5.41, 5.74) is 1.80. The number of thioether (sulfide) groups is 1. The number of carboxylic acids is 1. The van der Waals surface area contributed by atoms with Gasteiger partial charge in [-0.2, -0.15) is 0 Å². The molecule has 9 nitrogen and oxygen atoms in total. The number of hydrogen-bond acceptors (Lipinski definition) is 8. The van der Waals surface area contributed by atoms with Crippen molar-refractivity contribution in [1.82, 2.24) is 5.32 Å². The quantitative estimate of drug-likeness (QED) is 0.396. The highest BCUT2D eigenvalue weighted by atomic mass is 32.2. The minimum atomic E-state index is -0.952. The zero-order valence-corrected chi connectivity index (χ0v) is 20.0. The fraction of sp³-hybridized carbons (Fsp3) is 0.360. The number of imide groups is 1. The van der Waals surface area contributed by atoms with Gasteiger partial charge in [0.1, 0.15) is 18.1 Å². The van der Waals surface area contributed by atoms with Crippen LogP contribution in [0, 0.1) is 0 Å². The standard InChI is InChI=1S/C25H27NO8S/c1-32-19-11-7-17(8-12-19)18(15-34-23(29)4-2-3-22(27)28)14-33-20-9-5-16(6-10-20)13-21-24(30)26-25(31)35-21/h5-12,18,21H,2-4,13-15H2,1H3,(H,27,28)(H,26,30,31)/t18-,21?/m0/s1. The molecule has 2 aromatic rings. The zero-order chi connectivity index (χ0) is 25.2. The van der Waals surface area contributed by atoms with E-state index in [1.807, 2.05) is 36.4 Å². The molecule has 1 unspecified atom stereocenters. The maximum absolute atomic E-state index is 12.0. The number of hydrogen-bond donors (Lipinski definition) is 2. The first-order valence-corrected chi connectivity index (χ1v) is 12.0. The Balaban J connectivity index is 1.57. The van der Waals surface area contributed by atoms with Crippen LogP contribution in [0.1, 0.15) is 36.3 Å². The van der Waals surface area contributed by atoms with E-state index in [1.165, 1.54) is 0 Å². The van der Waals surface area contributed by atoms with Crippen molar-refractivity contribution in [3.05, 3.63) is 59.7 Å². The van der Waals surface area contributed by atoms with Crippen LogP contribution < -0.4 is 14.8 Å². The second-order valence-corrected chi connectivity index (χ2v) is 9.12. The predicted octanol–water partition coefficient (Wildman–Crippen LogP) is 3.55. The number of methoxy groups -OCH3 is 1. The van der Waals surface area contributed by atoms with Gasteiger partial charge in [-0.25, -0.2) is 0 Å². The molecule has 0 radical (unpaired) electrons. The summed E-state index contributed by atoms with van der Waals surface area (Å²) in [6.45, 7) is 0.321. The van der Waals surface area contributed by atoms with E-state index in [2.05, 4.69) is 5.32 Å². The first kappa shape index (κ1) is 26.1. The van der Waals surface area contributed by atoms with Gasteiger partial charge in [0.05, 0.1) is 24.9 Å². The molecule has 186 valence electrons. The molecule has 1 fully saturated rings. The Kier molecular flexibility index (Phi) is 9.54. The number of aliphatic carboxylic acids is 1. The SMILES string of the molecule is COc1ccc([C@H](COC(=O)CCCC(=O)O)COc2ccc(CC3SC(=O)NC3=O)cc2)cc1. The molecule has 0 saturated carbocycles. The van der Waals surface area contributed by atoms with E-state index >= 15 is 0 Å². The highest BCUT2D eigenvalue weighted by molar-refractivity contribution is 8.15. The van der Waals surface area contributed by atoms with E-state index < -0.39 is 17.2 Å². The molecular formula is C25H27NO8S. The Bertz CT molecular complexity index is 1040. The van der Waals surface area contributed by atoms with Crippen LogP contribution in [-0.4, -0.2) is 53.8 Å².